The largest absolute Gasteiger partial charge is 0.507 e. The number of anilines is 1. The summed E-state index contributed by atoms with van der Waals surface area (Å²) >= 11 is 6.73. The van der Waals surface area contributed by atoms with E-state index >= 15 is 0 Å². The van der Waals surface area contributed by atoms with E-state index in [0.29, 0.717) is 45.1 Å². The van der Waals surface area contributed by atoms with Gasteiger partial charge >= 0.3 is 0 Å². The molecule has 4 heterocycles. The van der Waals surface area contributed by atoms with Gasteiger partial charge < -0.3 is 29.9 Å². The van der Waals surface area contributed by atoms with Crippen LogP contribution in [0.15, 0.2) is 18.2 Å². The number of fused-ring (bicyclic) bond motifs is 2. The Morgan fingerprint density at radius 1 is 1.26 bits per heavy atom. The maximum atomic E-state index is 14.9. The predicted molar refractivity (Wildman–Crippen MR) is 129 cm³/mol. The summed E-state index contributed by atoms with van der Waals surface area (Å²) in [5, 5.41) is 13.7. The Labute approximate surface area is 207 Å². The van der Waals surface area contributed by atoms with E-state index in [4.69, 9.17) is 21.3 Å². The molecule has 2 saturated heterocycles. The quantitative estimate of drug-likeness (QED) is 0.647. The number of halogens is 2. The van der Waals surface area contributed by atoms with E-state index in [0.717, 1.165) is 0 Å². The summed E-state index contributed by atoms with van der Waals surface area (Å²) in [5.74, 6) is -0.849. The van der Waals surface area contributed by atoms with E-state index in [1.54, 1.807) is 9.80 Å². The number of piperazine rings is 2. The number of amides is 2. The summed E-state index contributed by atoms with van der Waals surface area (Å²) in [6, 6.07) is 3.59. The topological polar surface area (TPSA) is 98.2 Å². The monoisotopic (exact) mass is 503 g/mol. The molecular weight excluding hydrogens is 477 g/mol. The molecular formula is C24H27ClFN5O4. The summed E-state index contributed by atoms with van der Waals surface area (Å²) in [7, 11) is 0. The van der Waals surface area contributed by atoms with E-state index < -0.39 is 5.82 Å². The number of nitrogens with one attached hydrogen (secondary N) is 1. The molecule has 0 aliphatic carbocycles. The summed E-state index contributed by atoms with van der Waals surface area (Å²) in [6.45, 7) is 6.73. The third-order valence-corrected chi connectivity index (χ3v) is 7.24. The van der Waals surface area contributed by atoms with Gasteiger partial charge in [-0.3, -0.25) is 9.59 Å². The van der Waals surface area contributed by atoms with Crippen LogP contribution in [0.5, 0.6) is 11.5 Å². The van der Waals surface area contributed by atoms with Gasteiger partial charge in [0.15, 0.2) is 5.75 Å². The molecule has 9 nitrogen and oxygen atoms in total. The number of rotatable bonds is 2. The van der Waals surface area contributed by atoms with Crippen molar-refractivity contribution in [3.8, 4) is 22.8 Å². The number of hydrogen-bond donors (Lipinski definition) is 2. The van der Waals surface area contributed by atoms with Gasteiger partial charge in [0.1, 0.15) is 40.3 Å². The lowest BCUT2D eigenvalue weighted by molar-refractivity contribution is -0.129. The van der Waals surface area contributed by atoms with Crippen LogP contribution in [0.4, 0.5) is 10.2 Å². The number of phenols is 1. The van der Waals surface area contributed by atoms with Crippen LogP contribution < -0.4 is 15.0 Å². The number of phenolic OH excluding ortho intramolecular Hbond substituents is 1. The van der Waals surface area contributed by atoms with Crippen LogP contribution in [0.3, 0.4) is 0 Å². The maximum Gasteiger partial charge on any atom is 0.261 e. The van der Waals surface area contributed by atoms with Crippen LogP contribution in [-0.4, -0.2) is 89.7 Å². The lowest BCUT2D eigenvalue weighted by Crippen LogP contribution is -2.56. The molecule has 1 aromatic carbocycles. The molecule has 5 rings (SSSR count). The van der Waals surface area contributed by atoms with Crippen molar-refractivity contribution in [1.29, 1.82) is 0 Å². The van der Waals surface area contributed by atoms with Gasteiger partial charge in [0.2, 0.25) is 5.91 Å². The van der Waals surface area contributed by atoms with Gasteiger partial charge in [0.05, 0.1) is 11.6 Å². The molecule has 2 fully saturated rings. The number of pyridine rings is 1. The first-order chi connectivity index (χ1) is 16.8. The number of aromatic nitrogens is 1. The zero-order valence-electron chi connectivity index (χ0n) is 19.6. The minimum Gasteiger partial charge on any atom is -0.507 e. The summed E-state index contributed by atoms with van der Waals surface area (Å²) in [6.07, 6.45) is 0. The van der Waals surface area contributed by atoms with Gasteiger partial charge in [-0.25, -0.2) is 9.37 Å². The van der Waals surface area contributed by atoms with E-state index in [9.17, 15) is 19.1 Å². The molecule has 3 aliphatic rings. The molecule has 1 aromatic heterocycles. The summed E-state index contributed by atoms with van der Waals surface area (Å²) in [5.41, 5.74) is 0.0707. The van der Waals surface area contributed by atoms with Crippen LogP contribution in [0, 0.1) is 5.82 Å². The fourth-order valence-corrected chi connectivity index (χ4v) is 5.32. The highest BCUT2D eigenvalue weighted by Crippen LogP contribution is 2.46. The minimum absolute atomic E-state index is 0.00279. The zero-order chi connectivity index (χ0) is 24.9. The van der Waals surface area contributed by atoms with Crippen LogP contribution in [0.1, 0.15) is 24.2 Å². The molecule has 11 heteroatoms. The molecule has 0 saturated carbocycles. The van der Waals surface area contributed by atoms with E-state index in [1.807, 2.05) is 11.8 Å². The number of hydrogen-bond acceptors (Lipinski definition) is 7. The van der Waals surface area contributed by atoms with Crippen molar-refractivity contribution in [3.63, 3.8) is 0 Å². The Hall–Kier alpha value is -3.11. The van der Waals surface area contributed by atoms with E-state index in [2.05, 4.69) is 5.32 Å². The first kappa shape index (κ1) is 23.6. The fourth-order valence-electron chi connectivity index (χ4n) is 5.04. The highest BCUT2D eigenvalue weighted by molar-refractivity contribution is 6.35. The van der Waals surface area contributed by atoms with Gasteiger partial charge in [-0.1, -0.05) is 17.7 Å². The Balaban J connectivity index is 1.71. The SMILES string of the molecule is CC(=O)N1CCN(c2nc(-c3c(O)cccc3F)c(Cl)c3c2C(=O)N2CCNCC2CO3)[C@@H](C)C1. The summed E-state index contributed by atoms with van der Waals surface area (Å²) in [4.78, 5) is 35.9. The normalized spacial score (nSPS) is 22.3. The molecule has 186 valence electrons. The first-order valence-electron chi connectivity index (χ1n) is 11.7. The molecule has 3 aliphatic heterocycles. The van der Waals surface area contributed by atoms with Gasteiger partial charge in [-0.05, 0) is 19.1 Å². The molecule has 35 heavy (non-hydrogen) atoms. The summed E-state index contributed by atoms with van der Waals surface area (Å²) < 4.78 is 21.0. The highest BCUT2D eigenvalue weighted by Gasteiger charge is 2.40. The van der Waals surface area contributed by atoms with Crippen LogP contribution in [0.25, 0.3) is 11.3 Å². The van der Waals surface area contributed by atoms with Crippen LogP contribution >= 0.6 is 11.6 Å². The number of nitrogens with zero attached hydrogens (tertiary/aromatic N) is 4. The molecule has 0 spiro atoms. The van der Waals surface area contributed by atoms with Crippen molar-refractivity contribution in [2.24, 2.45) is 0 Å². The third kappa shape index (κ3) is 4.04. The lowest BCUT2D eigenvalue weighted by Gasteiger charge is -2.41. The maximum absolute atomic E-state index is 14.9. The first-order valence-corrected chi connectivity index (χ1v) is 12.0. The number of aromatic hydroxyl groups is 1. The Kier molecular flexibility index (Phi) is 6.18. The smallest absolute Gasteiger partial charge is 0.261 e. The van der Waals surface area contributed by atoms with Crippen molar-refractivity contribution in [2.45, 2.75) is 25.9 Å². The molecule has 0 radical (unpaired) electrons. The van der Waals surface area contributed by atoms with Gasteiger partial charge in [-0.2, -0.15) is 0 Å². The van der Waals surface area contributed by atoms with Crippen molar-refractivity contribution >= 4 is 29.2 Å². The second-order valence-electron chi connectivity index (χ2n) is 9.11. The Morgan fingerprint density at radius 3 is 2.77 bits per heavy atom. The van der Waals surface area contributed by atoms with Crippen LogP contribution in [0.2, 0.25) is 5.02 Å². The highest BCUT2D eigenvalue weighted by atomic mass is 35.5. The van der Waals surface area contributed by atoms with Crippen molar-refractivity contribution in [1.82, 2.24) is 20.1 Å². The van der Waals surface area contributed by atoms with E-state index in [1.165, 1.54) is 25.1 Å². The standard InChI is InChI=1S/C24H27ClFN5O4/c1-13-11-29(14(2)32)8-9-30(13)23-19-22(35-12-15-10-27-6-7-31(15)24(19)34)20(25)21(28-23)18-16(26)4-3-5-17(18)33/h3-5,13,15,27,33H,6-12H2,1-2H3/t13-,15?/m0/s1. The fraction of sp³-hybridized carbons (Fsp3) is 0.458. The minimum atomic E-state index is -0.693. The molecule has 2 atom stereocenters. The van der Waals surface area contributed by atoms with Gasteiger partial charge in [-0.15, -0.1) is 0 Å². The third-order valence-electron chi connectivity index (χ3n) is 6.89. The Bertz CT molecular complexity index is 1170. The van der Waals surface area contributed by atoms with Crippen molar-refractivity contribution < 1.29 is 23.8 Å². The number of benzene rings is 1. The van der Waals surface area contributed by atoms with Gasteiger partial charge in [0, 0.05) is 52.2 Å². The average molecular weight is 504 g/mol. The Morgan fingerprint density at radius 2 is 2.06 bits per heavy atom. The molecule has 2 aromatic rings. The number of carbonyl (C=O) groups is 2. The lowest BCUT2D eigenvalue weighted by atomic mass is 10.0. The number of ether oxygens (including phenoxy) is 1. The number of carbonyl (C=O) groups excluding carboxylic acids is 2. The van der Waals surface area contributed by atoms with Crippen LogP contribution in [-0.2, 0) is 4.79 Å². The zero-order valence-corrected chi connectivity index (χ0v) is 20.3. The molecule has 0 bridgehead atoms. The predicted octanol–water partition coefficient (Wildman–Crippen LogP) is 2.11. The second-order valence-corrected chi connectivity index (χ2v) is 9.49. The van der Waals surface area contributed by atoms with Crippen molar-refractivity contribution in [2.75, 3.05) is 50.8 Å². The molecule has 2 amide bonds. The second kappa shape index (κ2) is 9.16. The van der Waals surface area contributed by atoms with E-state index in [-0.39, 0.29) is 63.8 Å². The van der Waals surface area contributed by atoms with Crippen molar-refractivity contribution in [3.05, 3.63) is 34.6 Å². The average Bonchev–Trinajstić information content (AvgIpc) is 2.98. The molecule has 2 N–H and O–H groups in total. The molecule has 1 unspecified atom stereocenters. The van der Waals surface area contributed by atoms with Gasteiger partial charge in [0.25, 0.3) is 5.91 Å².